The summed E-state index contributed by atoms with van der Waals surface area (Å²) in [7, 11) is 0. The first-order valence-electron chi connectivity index (χ1n) is 13.2. The van der Waals surface area contributed by atoms with Crippen molar-refractivity contribution in [3.63, 3.8) is 0 Å². The second kappa shape index (κ2) is 15.9. The van der Waals surface area contributed by atoms with E-state index in [-0.39, 0.29) is 5.91 Å². The number of amides is 1. The maximum atomic E-state index is 13.2. The number of benzene rings is 2. The minimum atomic E-state index is -5.08. The molecule has 1 aliphatic rings. The van der Waals surface area contributed by atoms with Crippen LogP contribution in [0.2, 0.25) is 0 Å². The number of aromatic nitrogens is 1. The summed E-state index contributed by atoms with van der Waals surface area (Å²) in [6, 6.07) is 20.4. The Morgan fingerprint density at radius 1 is 0.917 bits per heavy atom. The molecule has 2 aromatic carbocycles. The molecule has 4 rings (SSSR count). The first-order valence-corrected chi connectivity index (χ1v) is 13.2. The third kappa shape index (κ3) is 10.2. The minimum absolute atomic E-state index is 0.304. The standard InChI is InChI=1S/C27H23N5O2.2C2HF3O2/c1-16-7-12-23(26(30-16)21-13-14-24(32-34)25(29)17(21)2)27(33)31-20-10-8-18(9-11-20)22-6-4-3-5-19(22)15-28;2*3-2(4,5)1(6)7/h3-13,34H,14,29H2,1-2H3,(H,31,33);2*(H,6,7). The predicted molar refractivity (Wildman–Crippen MR) is 160 cm³/mol. The van der Waals surface area contributed by atoms with Gasteiger partial charge in [0.1, 0.15) is 5.71 Å². The van der Waals surface area contributed by atoms with Crippen molar-refractivity contribution in [2.45, 2.75) is 32.6 Å². The van der Waals surface area contributed by atoms with Crippen molar-refractivity contribution in [3.05, 3.63) is 101 Å². The number of halogens is 6. The van der Waals surface area contributed by atoms with E-state index in [1.165, 1.54) is 0 Å². The minimum Gasteiger partial charge on any atom is -0.475 e. The van der Waals surface area contributed by atoms with Gasteiger partial charge in [0.15, 0.2) is 0 Å². The van der Waals surface area contributed by atoms with Crippen LogP contribution in [0.1, 0.15) is 40.7 Å². The van der Waals surface area contributed by atoms with Crippen molar-refractivity contribution < 1.29 is 56.1 Å². The zero-order chi connectivity index (χ0) is 36.4. The number of hydrogen-bond donors (Lipinski definition) is 5. The van der Waals surface area contributed by atoms with E-state index in [1.54, 1.807) is 30.3 Å². The van der Waals surface area contributed by atoms with Gasteiger partial charge in [0, 0.05) is 23.4 Å². The summed E-state index contributed by atoms with van der Waals surface area (Å²) in [4.78, 5) is 35.6. The third-order valence-corrected chi connectivity index (χ3v) is 6.26. The van der Waals surface area contributed by atoms with Crippen molar-refractivity contribution in [2.75, 3.05) is 5.32 Å². The van der Waals surface area contributed by atoms with Crippen molar-refractivity contribution in [1.82, 2.24) is 4.98 Å². The fraction of sp³-hybridized carbons (Fsp3) is 0.161. The number of nitrogens with one attached hydrogen (secondary N) is 1. The summed E-state index contributed by atoms with van der Waals surface area (Å²) < 4.78 is 63.5. The lowest BCUT2D eigenvalue weighted by Crippen LogP contribution is -2.21. The molecule has 0 saturated carbocycles. The quantitative estimate of drug-likeness (QED) is 0.119. The van der Waals surface area contributed by atoms with Crippen LogP contribution in [0, 0.1) is 18.3 Å². The SMILES string of the molecule is CC1=C(N)C(=NO)CC=C1c1nc(C)ccc1C(=O)Nc1ccc(-c2ccccc2C#N)cc1.O=C(O)C(F)(F)F.O=C(O)C(F)(F)F. The number of carbonyl (C=O) groups is 3. The van der Waals surface area contributed by atoms with Gasteiger partial charge in [-0.05, 0) is 60.9 Å². The van der Waals surface area contributed by atoms with Gasteiger partial charge in [-0.1, -0.05) is 41.6 Å². The average Bonchev–Trinajstić information content (AvgIpc) is 3.02. The van der Waals surface area contributed by atoms with Crippen LogP contribution in [0.4, 0.5) is 32.0 Å². The Balaban J connectivity index is 0.000000479. The summed E-state index contributed by atoms with van der Waals surface area (Å²) in [5.74, 6) is -5.82. The molecule has 0 spiro atoms. The number of hydrogen-bond acceptors (Lipinski definition) is 8. The molecule has 17 heteroatoms. The molecule has 0 atom stereocenters. The monoisotopic (exact) mass is 677 g/mol. The summed E-state index contributed by atoms with van der Waals surface area (Å²) >= 11 is 0. The Kier molecular flexibility index (Phi) is 12.6. The number of oxime groups is 1. The van der Waals surface area contributed by atoms with Crippen LogP contribution in [-0.2, 0) is 9.59 Å². The van der Waals surface area contributed by atoms with Gasteiger partial charge in [0.25, 0.3) is 5.91 Å². The van der Waals surface area contributed by atoms with Gasteiger partial charge >= 0.3 is 24.3 Å². The smallest absolute Gasteiger partial charge is 0.475 e. The summed E-state index contributed by atoms with van der Waals surface area (Å²) in [6.07, 6.45) is -7.96. The van der Waals surface area contributed by atoms with Crippen LogP contribution in [0.3, 0.4) is 0 Å². The molecule has 0 unspecified atom stereocenters. The Morgan fingerprint density at radius 3 is 1.96 bits per heavy atom. The molecule has 0 radical (unpaired) electrons. The van der Waals surface area contributed by atoms with E-state index in [1.807, 2.05) is 50.3 Å². The number of carboxylic acid groups (broad SMARTS) is 2. The van der Waals surface area contributed by atoms with E-state index in [2.05, 4.69) is 21.5 Å². The second-order valence-corrected chi connectivity index (χ2v) is 9.55. The van der Waals surface area contributed by atoms with Crippen LogP contribution in [0.25, 0.3) is 16.7 Å². The fourth-order valence-corrected chi connectivity index (χ4v) is 3.90. The third-order valence-electron chi connectivity index (χ3n) is 6.26. The molecule has 0 aliphatic heterocycles. The highest BCUT2D eigenvalue weighted by atomic mass is 19.4. The predicted octanol–water partition coefficient (Wildman–Crippen LogP) is 6.30. The average molecular weight is 678 g/mol. The van der Waals surface area contributed by atoms with Crippen molar-refractivity contribution in [2.24, 2.45) is 10.9 Å². The maximum absolute atomic E-state index is 13.2. The molecule has 1 aliphatic carbocycles. The lowest BCUT2D eigenvalue weighted by molar-refractivity contribution is -0.193. The highest BCUT2D eigenvalue weighted by Crippen LogP contribution is 2.31. The fourth-order valence-electron chi connectivity index (χ4n) is 3.90. The number of aryl methyl sites for hydroxylation is 1. The number of anilines is 1. The van der Waals surface area contributed by atoms with Crippen molar-refractivity contribution in [3.8, 4) is 17.2 Å². The number of nitrogens with zero attached hydrogens (tertiary/aromatic N) is 3. The van der Waals surface area contributed by atoms with E-state index in [4.69, 9.17) is 30.7 Å². The normalized spacial score (nSPS) is 13.6. The molecule has 1 amide bonds. The lowest BCUT2D eigenvalue weighted by atomic mass is 9.90. The molecule has 48 heavy (non-hydrogen) atoms. The molecule has 0 bridgehead atoms. The van der Waals surface area contributed by atoms with E-state index in [0.717, 1.165) is 22.4 Å². The maximum Gasteiger partial charge on any atom is 0.490 e. The first-order chi connectivity index (χ1) is 22.3. The number of carbonyl (C=O) groups excluding carboxylic acids is 1. The molecular weight excluding hydrogens is 652 g/mol. The molecular formula is C31H25F6N5O6. The van der Waals surface area contributed by atoms with Crippen molar-refractivity contribution >= 4 is 34.8 Å². The van der Waals surface area contributed by atoms with E-state index in [9.17, 15) is 36.4 Å². The van der Waals surface area contributed by atoms with E-state index in [0.29, 0.717) is 45.9 Å². The van der Waals surface area contributed by atoms with Crippen LogP contribution in [-0.4, -0.2) is 56.3 Å². The van der Waals surface area contributed by atoms with Gasteiger partial charge in [-0.3, -0.25) is 9.78 Å². The molecule has 3 aromatic rings. The number of carboxylic acids is 2. The van der Waals surface area contributed by atoms with Crippen LogP contribution in [0.15, 0.2) is 83.2 Å². The van der Waals surface area contributed by atoms with Gasteiger partial charge in [0.05, 0.1) is 28.6 Å². The van der Waals surface area contributed by atoms with Crippen LogP contribution < -0.4 is 11.1 Å². The Morgan fingerprint density at radius 2 is 1.46 bits per heavy atom. The number of alkyl halides is 6. The second-order valence-electron chi connectivity index (χ2n) is 9.55. The highest BCUT2D eigenvalue weighted by molar-refractivity contribution is 6.11. The summed E-state index contributed by atoms with van der Waals surface area (Å²) in [6.45, 7) is 3.67. The van der Waals surface area contributed by atoms with Gasteiger partial charge in [-0.25, -0.2) is 9.59 Å². The molecule has 6 N–H and O–H groups in total. The van der Waals surface area contributed by atoms with Crippen molar-refractivity contribution in [1.29, 1.82) is 5.26 Å². The molecule has 0 saturated heterocycles. The highest BCUT2D eigenvalue weighted by Gasteiger charge is 2.38. The van der Waals surface area contributed by atoms with Gasteiger partial charge in [-0.2, -0.15) is 31.6 Å². The number of pyridine rings is 1. The first kappa shape index (κ1) is 38.0. The van der Waals surface area contributed by atoms with Gasteiger partial charge in [-0.15, -0.1) is 0 Å². The molecule has 252 valence electrons. The summed E-state index contributed by atoms with van der Waals surface area (Å²) in [5.41, 5.74) is 13.0. The van der Waals surface area contributed by atoms with Crippen LogP contribution in [0.5, 0.6) is 0 Å². The van der Waals surface area contributed by atoms with E-state index >= 15 is 0 Å². The Hall–Kier alpha value is -6.18. The lowest BCUT2D eigenvalue weighted by Gasteiger charge is -2.19. The summed E-state index contributed by atoms with van der Waals surface area (Å²) in [5, 5.41) is 38.9. The van der Waals surface area contributed by atoms with Gasteiger partial charge < -0.3 is 26.5 Å². The number of aliphatic carboxylic acids is 2. The molecule has 1 aromatic heterocycles. The zero-order valence-corrected chi connectivity index (χ0v) is 24.8. The number of nitrogens with two attached hydrogens (primary N) is 1. The largest absolute Gasteiger partial charge is 0.490 e. The molecule has 0 fully saturated rings. The Labute approximate surface area is 267 Å². The number of nitriles is 1. The molecule has 11 nitrogen and oxygen atoms in total. The Bertz CT molecular complexity index is 1800. The zero-order valence-electron chi connectivity index (χ0n) is 24.8. The number of rotatable bonds is 4. The topological polar surface area (TPSA) is 199 Å². The van der Waals surface area contributed by atoms with Gasteiger partial charge in [0.2, 0.25) is 0 Å². The van der Waals surface area contributed by atoms with E-state index < -0.39 is 24.3 Å². The molecule has 1 heterocycles. The number of allylic oxidation sites excluding steroid dienone is 4. The van der Waals surface area contributed by atoms with Crippen LogP contribution >= 0.6 is 0 Å².